The van der Waals surface area contributed by atoms with Crippen LogP contribution in [0.3, 0.4) is 0 Å². The molecule has 15 heavy (non-hydrogen) atoms. The summed E-state index contributed by atoms with van der Waals surface area (Å²) in [4.78, 5) is 0. The molecule has 2 aromatic rings. The Morgan fingerprint density at radius 2 is 1.73 bits per heavy atom. The van der Waals surface area contributed by atoms with Crippen molar-refractivity contribution in [3.63, 3.8) is 0 Å². The van der Waals surface area contributed by atoms with Gasteiger partial charge < -0.3 is 0 Å². The molecule has 0 heterocycles. The molecule has 0 unspecified atom stereocenters. The highest BCUT2D eigenvalue weighted by atomic mass is 19.1. The first-order chi connectivity index (χ1) is 7.16. The van der Waals surface area contributed by atoms with Crippen LogP contribution >= 0.6 is 0 Å². The molecule has 0 N–H and O–H groups in total. The number of halogens is 1. The minimum Gasteiger partial charge on any atom is -0.207 e. The van der Waals surface area contributed by atoms with Gasteiger partial charge in [0.05, 0.1) is 0 Å². The molecular formula is C14H13F. The summed E-state index contributed by atoms with van der Waals surface area (Å²) in [5.74, 6) is -0.177. The maximum Gasteiger partial charge on any atom is 0.123 e. The lowest BCUT2D eigenvalue weighted by molar-refractivity contribution is 0.627. The first-order valence-corrected chi connectivity index (χ1v) is 5.00. The van der Waals surface area contributed by atoms with Crippen LogP contribution in [-0.2, 0) is 0 Å². The second-order valence-electron chi connectivity index (χ2n) is 3.83. The molecule has 0 spiro atoms. The van der Waals surface area contributed by atoms with E-state index >= 15 is 0 Å². The van der Waals surface area contributed by atoms with E-state index in [0.29, 0.717) is 0 Å². The molecule has 0 bridgehead atoms. The molecule has 0 fully saturated rings. The molecule has 1 heteroatoms. The van der Waals surface area contributed by atoms with Gasteiger partial charge in [-0.25, -0.2) is 4.39 Å². The molecular weight excluding hydrogens is 187 g/mol. The second kappa shape index (κ2) is 3.85. The van der Waals surface area contributed by atoms with Gasteiger partial charge in [-0.3, -0.25) is 0 Å². The molecule has 0 aliphatic heterocycles. The van der Waals surface area contributed by atoms with Crippen molar-refractivity contribution in [3.05, 3.63) is 59.4 Å². The van der Waals surface area contributed by atoms with Crippen LogP contribution in [0.2, 0.25) is 0 Å². The van der Waals surface area contributed by atoms with Crippen LogP contribution in [0.15, 0.2) is 42.5 Å². The van der Waals surface area contributed by atoms with Gasteiger partial charge in [-0.05, 0) is 42.7 Å². The summed E-state index contributed by atoms with van der Waals surface area (Å²) in [6.45, 7) is 3.99. The van der Waals surface area contributed by atoms with E-state index in [-0.39, 0.29) is 5.82 Å². The normalized spacial score (nSPS) is 10.3. The van der Waals surface area contributed by atoms with Crippen molar-refractivity contribution in [1.82, 2.24) is 0 Å². The van der Waals surface area contributed by atoms with Crippen LogP contribution in [0.5, 0.6) is 0 Å². The Bertz CT molecular complexity index is 486. The lowest BCUT2D eigenvalue weighted by atomic mass is 9.99. The third-order valence-corrected chi connectivity index (χ3v) is 2.52. The Kier molecular flexibility index (Phi) is 2.55. The summed E-state index contributed by atoms with van der Waals surface area (Å²) in [5, 5.41) is 0. The van der Waals surface area contributed by atoms with Gasteiger partial charge in [-0.1, -0.05) is 35.9 Å². The van der Waals surface area contributed by atoms with Crippen molar-refractivity contribution in [2.45, 2.75) is 13.8 Å². The molecule has 0 atom stereocenters. The standard InChI is InChI=1S/C14H13F/c1-10-4-3-5-12(8-10)14-7-6-13(15)9-11(14)2/h3-9H,1-2H3. The fraction of sp³-hybridized carbons (Fsp3) is 0.143. The number of hydrogen-bond donors (Lipinski definition) is 0. The third-order valence-electron chi connectivity index (χ3n) is 2.52. The Labute approximate surface area is 89.4 Å². The van der Waals surface area contributed by atoms with Gasteiger partial charge in [0.2, 0.25) is 0 Å². The highest BCUT2D eigenvalue weighted by molar-refractivity contribution is 5.67. The topological polar surface area (TPSA) is 0 Å². The highest BCUT2D eigenvalue weighted by Crippen LogP contribution is 2.24. The minimum atomic E-state index is -0.177. The van der Waals surface area contributed by atoms with E-state index in [1.54, 1.807) is 6.07 Å². The number of aryl methyl sites for hydroxylation is 2. The van der Waals surface area contributed by atoms with E-state index in [9.17, 15) is 4.39 Å². The van der Waals surface area contributed by atoms with Crippen molar-refractivity contribution in [2.75, 3.05) is 0 Å². The smallest absolute Gasteiger partial charge is 0.123 e. The van der Waals surface area contributed by atoms with Gasteiger partial charge in [0.25, 0.3) is 0 Å². The number of hydrogen-bond acceptors (Lipinski definition) is 0. The predicted molar refractivity (Wildman–Crippen MR) is 61.3 cm³/mol. The SMILES string of the molecule is Cc1cccc(-c2ccc(F)cc2C)c1. The molecule has 76 valence electrons. The van der Waals surface area contributed by atoms with Crippen LogP contribution < -0.4 is 0 Å². The van der Waals surface area contributed by atoms with E-state index < -0.39 is 0 Å². The van der Waals surface area contributed by atoms with Gasteiger partial charge in [0.15, 0.2) is 0 Å². The van der Waals surface area contributed by atoms with Crippen LogP contribution in [-0.4, -0.2) is 0 Å². The summed E-state index contributed by atoms with van der Waals surface area (Å²) >= 11 is 0. The summed E-state index contributed by atoms with van der Waals surface area (Å²) in [7, 11) is 0. The van der Waals surface area contributed by atoms with Crippen LogP contribution in [0.4, 0.5) is 4.39 Å². The molecule has 2 rings (SSSR count). The maximum atomic E-state index is 12.9. The Morgan fingerprint density at radius 1 is 0.933 bits per heavy atom. The monoisotopic (exact) mass is 200 g/mol. The fourth-order valence-corrected chi connectivity index (χ4v) is 1.76. The summed E-state index contributed by atoms with van der Waals surface area (Å²) in [5.41, 5.74) is 4.43. The lowest BCUT2D eigenvalue weighted by Crippen LogP contribution is -1.85. The van der Waals surface area contributed by atoms with Crippen LogP contribution in [0, 0.1) is 19.7 Å². The molecule has 2 aromatic carbocycles. The van der Waals surface area contributed by atoms with E-state index in [1.165, 1.54) is 11.6 Å². The molecule has 0 saturated carbocycles. The summed E-state index contributed by atoms with van der Waals surface area (Å²) < 4.78 is 12.9. The van der Waals surface area contributed by atoms with Crippen molar-refractivity contribution in [3.8, 4) is 11.1 Å². The van der Waals surface area contributed by atoms with Crippen molar-refractivity contribution >= 4 is 0 Å². The average molecular weight is 200 g/mol. The molecule has 0 aliphatic rings. The average Bonchev–Trinajstić information content (AvgIpc) is 2.17. The molecule has 0 amide bonds. The van der Waals surface area contributed by atoms with Crippen molar-refractivity contribution in [2.24, 2.45) is 0 Å². The minimum absolute atomic E-state index is 0.177. The molecule has 0 aliphatic carbocycles. The first kappa shape index (κ1) is 9.91. The largest absolute Gasteiger partial charge is 0.207 e. The van der Waals surface area contributed by atoms with Crippen LogP contribution in [0.25, 0.3) is 11.1 Å². The summed E-state index contributed by atoms with van der Waals surface area (Å²) in [6.07, 6.45) is 0. The van der Waals surface area contributed by atoms with Gasteiger partial charge in [-0.15, -0.1) is 0 Å². The Hall–Kier alpha value is -1.63. The van der Waals surface area contributed by atoms with Crippen molar-refractivity contribution in [1.29, 1.82) is 0 Å². The first-order valence-electron chi connectivity index (χ1n) is 5.00. The van der Waals surface area contributed by atoms with Gasteiger partial charge >= 0.3 is 0 Å². The van der Waals surface area contributed by atoms with Gasteiger partial charge in [0, 0.05) is 0 Å². The van der Waals surface area contributed by atoms with Gasteiger partial charge in [0.1, 0.15) is 5.82 Å². The highest BCUT2D eigenvalue weighted by Gasteiger charge is 2.02. The van der Waals surface area contributed by atoms with E-state index in [0.717, 1.165) is 16.7 Å². The summed E-state index contributed by atoms with van der Waals surface area (Å²) in [6, 6.07) is 13.1. The van der Waals surface area contributed by atoms with E-state index in [4.69, 9.17) is 0 Å². The fourth-order valence-electron chi connectivity index (χ4n) is 1.76. The quantitative estimate of drug-likeness (QED) is 0.649. The predicted octanol–water partition coefficient (Wildman–Crippen LogP) is 4.11. The van der Waals surface area contributed by atoms with Gasteiger partial charge in [-0.2, -0.15) is 0 Å². The van der Waals surface area contributed by atoms with Crippen molar-refractivity contribution < 1.29 is 4.39 Å². The Morgan fingerprint density at radius 3 is 2.40 bits per heavy atom. The van der Waals surface area contributed by atoms with E-state index in [2.05, 4.69) is 19.1 Å². The Balaban J connectivity index is 2.54. The lowest BCUT2D eigenvalue weighted by Gasteiger charge is -2.06. The number of benzene rings is 2. The molecule has 0 aromatic heterocycles. The molecule has 0 radical (unpaired) electrons. The number of rotatable bonds is 1. The zero-order valence-electron chi connectivity index (χ0n) is 8.92. The second-order valence-corrected chi connectivity index (χ2v) is 3.83. The van der Waals surface area contributed by atoms with Crippen LogP contribution in [0.1, 0.15) is 11.1 Å². The zero-order chi connectivity index (χ0) is 10.8. The maximum absolute atomic E-state index is 12.9. The molecule has 0 saturated heterocycles. The van der Waals surface area contributed by atoms with E-state index in [1.807, 2.05) is 25.1 Å². The third kappa shape index (κ3) is 2.07. The zero-order valence-corrected chi connectivity index (χ0v) is 8.92. The molecule has 0 nitrogen and oxygen atoms in total.